The Bertz CT molecular complexity index is 3840. The van der Waals surface area contributed by atoms with Gasteiger partial charge in [-0.25, -0.2) is 19.2 Å². The first-order valence-electron chi connectivity index (χ1n) is 34.6. The van der Waals surface area contributed by atoms with Crippen LogP contribution in [0.4, 0.5) is 53.3 Å². The number of hydrogen-bond donors (Lipinski definition) is 6. The maximum absolute atomic E-state index is 13.4. The minimum Gasteiger partial charge on any atom is -0.351 e. The number of hydrogen-bond acceptors (Lipinski definition) is 6. The summed E-state index contributed by atoms with van der Waals surface area (Å²) in [7, 11) is 0. The molecule has 9 rings (SSSR count). The van der Waals surface area contributed by atoms with Crippen molar-refractivity contribution in [2.45, 2.75) is 208 Å². The van der Waals surface area contributed by atoms with E-state index >= 15 is 0 Å². The molecule has 0 radical (unpaired) electrons. The van der Waals surface area contributed by atoms with Crippen LogP contribution in [0.15, 0.2) is 170 Å². The number of para-hydroxylation sites is 2. The number of nitriles is 2. The molecule has 0 heterocycles. The molecular formula is C82H104N10O4+2. The van der Waals surface area contributed by atoms with Crippen molar-refractivity contribution < 1.29 is 19.2 Å². The van der Waals surface area contributed by atoms with Crippen LogP contribution in [0.2, 0.25) is 0 Å². The Labute approximate surface area is 570 Å². The summed E-state index contributed by atoms with van der Waals surface area (Å²) < 4.78 is 1.39. The lowest BCUT2D eigenvalue weighted by Crippen LogP contribution is -2.69. The number of carbonyl (C=O) groups is 4. The van der Waals surface area contributed by atoms with Crippen LogP contribution in [0.3, 0.4) is 0 Å². The molecule has 0 aromatic heterocycles. The van der Waals surface area contributed by atoms with Crippen LogP contribution >= 0.6 is 0 Å². The Kier molecular flexibility index (Phi) is 25.4. The number of imide groups is 2. The topological polar surface area (TPSA) is 216 Å². The predicted molar refractivity (Wildman–Crippen MR) is 402 cm³/mol. The summed E-state index contributed by atoms with van der Waals surface area (Å²) in [6, 6.07) is 60.3. The van der Waals surface area contributed by atoms with E-state index in [1.54, 1.807) is 5.32 Å². The fourth-order valence-corrected chi connectivity index (χ4v) is 15.9. The number of anilines is 2. The first-order chi connectivity index (χ1) is 45.9. The molecule has 14 nitrogen and oxygen atoms in total. The highest BCUT2D eigenvalue weighted by Crippen LogP contribution is 2.55. The van der Waals surface area contributed by atoms with Gasteiger partial charge in [0.05, 0.1) is 23.3 Å². The van der Waals surface area contributed by atoms with Crippen LogP contribution in [0.1, 0.15) is 197 Å². The molecule has 0 aliphatic carbocycles. The number of nitrogens with two attached hydrogens (primary N) is 2. The van der Waals surface area contributed by atoms with Gasteiger partial charge in [-0.15, -0.1) is 0 Å². The standard InChI is InChI=1S/C58H87N5O2.C22H10N2.C2H5N3O2/c1-13-17-27-43-55(5,6)62(49-31-23-21-24-32-49,56(7,8)44-28-18-14-2)51-39-35-47(36-40-51)59-53(64)61-54(65)60-48-37-41-52(42-38-48)63(50-33-25-22-26-34-50,57(9,10)45-29-19-15-3)58(11,12)46-30-20-16-4;23-11-15-10-8-14-4-2-6-18-20(14)21(15)17-5-1-3-13-7-9-16(12-24)22(18)19(13)17;3-1(6)5-2(4)7/h21-26,31-42H,13-20,27-30,43-46H2,1-12H3,(H-2,59,60,61,64,65);1-10H;(H5,3,4,5,6,7)/p+2. The van der Waals surface area contributed by atoms with E-state index in [4.69, 9.17) is 0 Å². The number of unbranched alkanes of at least 4 members (excludes halogenated alkanes) is 8. The van der Waals surface area contributed by atoms with Gasteiger partial charge in [0.2, 0.25) is 0 Å². The van der Waals surface area contributed by atoms with Crippen molar-refractivity contribution in [1.29, 1.82) is 10.5 Å². The average molecular weight is 1290 g/mol. The molecule has 0 saturated carbocycles. The number of carbonyl (C=O) groups excluding carboxylic acids is 4. The molecule has 0 unspecified atom stereocenters. The maximum Gasteiger partial charge on any atom is 0.327 e. The molecule has 9 aromatic carbocycles. The lowest BCUT2D eigenvalue weighted by molar-refractivity contribution is 0.0658. The van der Waals surface area contributed by atoms with Gasteiger partial charge in [-0.3, -0.25) is 19.6 Å². The van der Waals surface area contributed by atoms with Crippen LogP contribution < -0.4 is 41.7 Å². The smallest absolute Gasteiger partial charge is 0.327 e. The number of fused-ring (bicyclic) bond motifs is 2. The average Bonchev–Trinajstić information content (AvgIpc) is 0.728. The van der Waals surface area contributed by atoms with Gasteiger partial charge in [0.25, 0.3) is 0 Å². The Morgan fingerprint density at radius 2 is 0.667 bits per heavy atom. The van der Waals surface area contributed by atoms with Gasteiger partial charge < -0.3 is 22.1 Å². The second kappa shape index (κ2) is 32.9. The van der Waals surface area contributed by atoms with Gasteiger partial charge in [-0.05, 0) is 174 Å². The van der Waals surface area contributed by atoms with E-state index in [9.17, 15) is 29.7 Å². The van der Waals surface area contributed by atoms with Crippen molar-refractivity contribution >= 4 is 101 Å². The van der Waals surface area contributed by atoms with Crippen molar-refractivity contribution in [3.63, 3.8) is 0 Å². The zero-order chi connectivity index (χ0) is 69.9. The van der Waals surface area contributed by atoms with Crippen LogP contribution in [-0.4, -0.2) is 46.3 Å². The molecule has 9 aromatic rings. The Morgan fingerprint density at radius 1 is 0.365 bits per heavy atom. The fourth-order valence-electron chi connectivity index (χ4n) is 15.9. The second-order valence-electron chi connectivity index (χ2n) is 28.1. The van der Waals surface area contributed by atoms with Gasteiger partial charge in [0.1, 0.15) is 44.9 Å². The highest BCUT2D eigenvalue weighted by atomic mass is 16.2. The van der Waals surface area contributed by atoms with Crippen LogP contribution in [0.25, 0.3) is 43.1 Å². The number of nitrogens with zero attached hydrogens (tertiary/aromatic N) is 4. The highest BCUT2D eigenvalue weighted by molar-refractivity contribution is 6.34. The summed E-state index contributed by atoms with van der Waals surface area (Å²) in [4.78, 5) is 46.1. The Hall–Kier alpha value is -9.34. The molecule has 14 heteroatoms. The molecule has 0 atom stereocenters. The summed E-state index contributed by atoms with van der Waals surface area (Å²) in [6.07, 6.45) is 18.5. The number of quaternary nitrogens is 2. The minimum atomic E-state index is -0.938. The van der Waals surface area contributed by atoms with E-state index in [2.05, 4.69) is 232 Å². The van der Waals surface area contributed by atoms with E-state index in [0.717, 1.165) is 94.5 Å². The molecule has 0 aliphatic heterocycles. The van der Waals surface area contributed by atoms with E-state index in [1.165, 1.54) is 74.1 Å². The normalized spacial score (nSPS) is 12.0. The van der Waals surface area contributed by atoms with Gasteiger partial charge in [0, 0.05) is 72.1 Å². The molecule has 0 bridgehead atoms. The van der Waals surface area contributed by atoms with Gasteiger partial charge in [0.15, 0.2) is 0 Å². The third kappa shape index (κ3) is 16.0. The minimum absolute atomic E-state index is 0.132. The summed E-state index contributed by atoms with van der Waals surface area (Å²) in [5.74, 6) is 0. The van der Waals surface area contributed by atoms with E-state index < -0.39 is 24.1 Å². The molecule has 0 fully saturated rings. The third-order valence-electron chi connectivity index (χ3n) is 19.9. The predicted octanol–water partition coefficient (Wildman–Crippen LogP) is 22.0. The van der Waals surface area contributed by atoms with Gasteiger partial charge in [-0.2, -0.15) is 10.5 Å². The lowest BCUT2D eigenvalue weighted by atomic mass is 9.79. The van der Waals surface area contributed by atoms with E-state index in [1.807, 2.05) is 60.7 Å². The molecule has 8 amide bonds. The summed E-state index contributed by atoms with van der Waals surface area (Å²) in [5, 5.41) is 37.6. The van der Waals surface area contributed by atoms with Crippen molar-refractivity contribution in [3.8, 4) is 12.1 Å². The molecule has 96 heavy (non-hydrogen) atoms. The first-order valence-corrected chi connectivity index (χ1v) is 34.6. The largest absolute Gasteiger partial charge is 0.351 e. The van der Waals surface area contributed by atoms with Crippen LogP contribution in [-0.2, 0) is 0 Å². The number of rotatable bonds is 26. The highest BCUT2D eigenvalue weighted by Gasteiger charge is 2.58. The number of primary amides is 2. The van der Waals surface area contributed by atoms with E-state index in [-0.39, 0.29) is 22.2 Å². The molecule has 504 valence electrons. The van der Waals surface area contributed by atoms with E-state index in [0.29, 0.717) is 31.5 Å². The molecule has 8 N–H and O–H groups in total. The number of amides is 8. The molecule has 0 aliphatic rings. The summed E-state index contributed by atoms with van der Waals surface area (Å²) in [5.41, 5.74) is 15.9. The van der Waals surface area contributed by atoms with Crippen molar-refractivity contribution in [3.05, 3.63) is 181 Å². The zero-order valence-electron chi connectivity index (χ0n) is 59.1. The molecule has 0 spiro atoms. The maximum atomic E-state index is 13.4. The van der Waals surface area contributed by atoms with Gasteiger partial charge in [-0.1, -0.05) is 164 Å². The molecular weight excluding hydrogens is 1190 g/mol. The fraction of sp³-hybridized carbons (Fsp3) is 0.390. The SMILES string of the molecule is CCCCCC(C)(C)[N+](c1ccccc1)(c1ccc(NC(=O)NC(=O)Nc2ccc([N+](c3ccccc3)(C(C)(C)CCCCC)C(C)(C)CCCCC)cc2)cc1)C(C)(C)CCCCC.N#Cc1ccc2cccc3c4c(C#N)ccc5cccc(c1c23)c54.NC(=O)NC(N)=O. The number of benzene rings is 9. The van der Waals surface area contributed by atoms with Crippen LogP contribution in [0, 0.1) is 22.7 Å². The first kappa shape index (κ1) is 74.1. The van der Waals surface area contributed by atoms with Crippen LogP contribution in [0.5, 0.6) is 0 Å². The zero-order valence-corrected chi connectivity index (χ0v) is 59.1. The summed E-state index contributed by atoms with van der Waals surface area (Å²) >= 11 is 0. The quantitative estimate of drug-likeness (QED) is 0.0134. The Balaban J connectivity index is 0.000000338. The monoisotopic (exact) mass is 1290 g/mol. The van der Waals surface area contributed by atoms with Gasteiger partial charge >= 0.3 is 24.1 Å². The second-order valence-corrected chi connectivity index (χ2v) is 28.1. The molecule has 0 saturated heterocycles. The Morgan fingerprint density at radius 3 is 0.938 bits per heavy atom. The lowest BCUT2D eigenvalue weighted by Gasteiger charge is -2.58. The van der Waals surface area contributed by atoms with Crippen molar-refractivity contribution in [2.24, 2.45) is 11.5 Å². The summed E-state index contributed by atoms with van der Waals surface area (Å²) in [6.45, 7) is 28.6. The van der Waals surface area contributed by atoms with Crippen molar-refractivity contribution in [2.75, 3.05) is 10.6 Å². The third-order valence-corrected chi connectivity index (χ3v) is 19.9. The number of nitrogens with one attached hydrogen (secondary N) is 4. The van der Waals surface area contributed by atoms with Crippen molar-refractivity contribution in [1.82, 2.24) is 19.6 Å². The number of urea groups is 4.